The van der Waals surface area contributed by atoms with Crippen molar-refractivity contribution in [1.82, 2.24) is 20.8 Å². The molecule has 0 aromatic heterocycles. The number of hydrogen-bond acceptors (Lipinski definition) is 11. The highest BCUT2D eigenvalue weighted by molar-refractivity contribution is 6.01. The molecule has 4 atom stereocenters. The summed E-state index contributed by atoms with van der Waals surface area (Å²) in [6, 6.07) is 1.87. The number of nitrogens with one attached hydrogen (secondary N) is 2. The van der Waals surface area contributed by atoms with Crippen molar-refractivity contribution in [2.75, 3.05) is 19.7 Å². The lowest BCUT2D eigenvalue weighted by atomic mass is 10.1. The Morgan fingerprint density at radius 1 is 1.05 bits per heavy atom. The number of esters is 1. The summed E-state index contributed by atoms with van der Waals surface area (Å²) in [7, 11) is 0. The van der Waals surface area contributed by atoms with E-state index in [4.69, 9.17) is 9.47 Å². The maximum absolute atomic E-state index is 13.4. The van der Waals surface area contributed by atoms with E-state index in [1.165, 1.54) is 64.0 Å². The molecule has 15 nitrogen and oxygen atoms in total. The molecule has 1 aromatic carbocycles. The van der Waals surface area contributed by atoms with Gasteiger partial charge in [-0.2, -0.15) is 0 Å². The standard InChI is InChI=1S/C41H63N5O10/c1-4-5-6-7-8-9-10-11-12-13-14-24-36(49)45(53)25-17-16-22-32(43-38(50)33-28-55-39(44-33)37-29(2)20-19-23-34(37)47)41(52)56-30(3)27-35(48)42-31-21-15-18-26-46(54)40(31)51/h14,19-20,23-24,30-33,47,53-54H,4-13,15-18,21-22,25-28H2,1-3H3,(H,42,48)(H,43,50)/t30-,31+,32+,33-/m1/s1. The van der Waals surface area contributed by atoms with Gasteiger partial charge >= 0.3 is 5.97 Å². The second kappa shape index (κ2) is 24.9. The van der Waals surface area contributed by atoms with Gasteiger partial charge in [0.05, 0.1) is 12.0 Å². The number of hydrogen-bond donors (Lipinski definition) is 5. The van der Waals surface area contributed by atoms with Crippen LogP contribution in [0.25, 0.3) is 0 Å². The topological polar surface area (TPSA) is 207 Å². The van der Waals surface area contributed by atoms with E-state index in [0.717, 1.165) is 19.3 Å². The molecular formula is C41H63N5O10. The van der Waals surface area contributed by atoms with Crippen LogP contribution in [0.2, 0.25) is 0 Å². The van der Waals surface area contributed by atoms with Gasteiger partial charge < -0.3 is 25.2 Å². The number of rotatable bonds is 24. The molecule has 56 heavy (non-hydrogen) atoms. The number of carbonyl (C=O) groups is 5. The van der Waals surface area contributed by atoms with Gasteiger partial charge in [0.15, 0.2) is 6.04 Å². The summed E-state index contributed by atoms with van der Waals surface area (Å²) in [5.74, 6) is -3.05. The Labute approximate surface area is 330 Å². The molecule has 1 saturated heterocycles. The molecular weight excluding hydrogens is 722 g/mol. The minimum Gasteiger partial charge on any atom is -0.507 e. The number of aliphatic imine (C=N–C) groups is 1. The monoisotopic (exact) mass is 785 g/mol. The lowest BCUT2D eigenvalue weighted by molar-refractivity contribution is -0.167. The van der Waals surface area contributed by atoms with Crippen LogP contribution in [-0.2, 0) is 33.4 Å². The van der Waals surface area contributed by atoms with Crippen molar-refractivity contribution >= 4 is 35.5 Å². The molecule has 5 N–H and O–H groups in total. The number of hydroxylamine groups is 4. The minimum absolute atomic E-state index is 0.00266. The Hall–Kier alpha value is -4.50. The fourth-order valence-electron chi connectivity index (χ4n) is 6.65. The van der Waals surface area contributed by atoms with Crippen LogP contribution in [0.5, 0.6) is 5.75 Å². The van der Waals surface area contributed by atoms with Crippen LogP contribution < -0.4 is 10.6 Å². The fraction of sp³-hybridized carbons (Fsp3) is 0.659. The molecule has 3 rings (SSSR count). The summed E-state index contributed by atoms with van der Waals surface area (Å²) >= 11 is 0. The third kappa shape index (κ3) is 15.9. The van der Waals surface area contributed by atoms with Gasteiger partial charge in [0.25, 0.3) is 11.8 Å². The highest BCUT2D eigenvalue weighted by Crippen LogP contribution is 2.25. The zero-order chi connectivity index (χ0) is 40.9. The van der Waals surface area contributed by atoms with E-state index in [9.17, 15) is 39.5 Å². The van der Waals surface area contributed by atoms with Gasteiger partial charge in [-0.3, -0.25) is 29.6 Å². The molecule has 4 amide bonds. The first-order valence-corrected chi connectivity index (χ1v) is 20.4. The largest absolute Gasteiger partial charge is 0.507 e. The zero-order valence-corrected chi connectivity index (χ0v) is 33.4. The number of allylic oxidation sites excluding steroid dienone is 1. The summed E-state index contributed by atoms with van der Waals surface area (Å²) in [6.07, 6.45) is 15.9. The van der Waals surface area contributed by atoms with E-state index >= 15 is 0 Å². The number of aryl methyl sites for hydroxylation is 1. The third-order valence-corrected chi connectivity index (χ3v) is 9.91. The number of nitrogens with zero attached hydrogens (tertiary/aromatic N) is 3. The first-order valence-electron chi connectivity index (χ1n) is 20.4. The second-order valence-corrected chi connectivity index (χ2v) is 14.8. The molecule has 1 aromatic rings. The molecule has 2 heterocycles. The first-order chi connectivity index (χ1) is 26.9. The fourth-order valence-corrected chi connectivity index (χ4v) is 6.65. The molecule has 2 aliphatic rings. The SMILES string of the molecule is CCCCCCCCCCCC=CC(=O)N(O)CCCC[C@H](NC(=O)[C@H]1COC(c2c(C)cccc2O)=N1)C(=O)O[C@H](C)CC(=O)N[C@H]1CCCCN(O)C1=O. The highest BCUT2D eigenvalue weighted by Gasteiger charge is 2.33. The van der Waals surface area contributed by atoms with E-state index in [-0.39, 0.29) is 44.2 Å². The Morgan fingerprint density at radius 2 is 1.77 bits per heavy atom. The molecule has 2 aliphatic heterocycles. The van der Waals surface area contributed by atoms with Crippen molar-refractivity contribution in [3.8, 4) is 5.75 Å². The predicted octanol–water partition coefficient (Wildman–Crippen LogP) is 5.40. The lowest BCUT2D eigenvalue weighted by Gasteiger charge is -2.23. The van der Waals surface area contributed by atoms with Crippen LogP contribution in [0.4, 0.5) is 0 Å². The van der Waals surface area contributed by atoms with Crippen molar-refractivity contribution in [3.63, 3.8) is 0 Å². The van der Waals surface area contributed by atoms with Crippen molar-refractivity contribution in [2.24, 2.45) is 4.99 Å². The van der Waals surface area contributed by atoms with E-state index in [1.54, 1.807) is 25.1 Å². The van der Waals surface area contributed by atoms with Crippen molar-refractivity contribution in [1.29, 1.82) is 0 Å². The van der Waals surface area contributed by atoms with Gasteiger partial charge in [0.2, 0.25) is 17.7 Å². The number of unbranched alkanes of at least 4 members (excludes halogenated alkanes) is 10. The average Bonchev–Trinajstić information content (AvgIpc) is 3.59. The molecule has 0 saturated carbocycles. The van der Waals surface area contributed by atoms with Crippen molar-refractivity contribution in [2.45, 2.75) is 154 Å². The second-order valence-electron chi connectivity index (χ2n) is 14.8. The van der Waals surface area contributed by atoms with Gasteiger partial charge in [0, 0.05) is 19.2 Å². The van der Waals surface area contributed by atoms with E-state index < -0.39 is 53.8 Å². The zero-order valence-electron chi connectivity index (χ0n) is 33.4. The van der Waals surface area contributed by atoms with Crippen LogP contribution in [0.1, 0.15) is 134 Å². The molecule has 312 valence electrons. The van der Waals surface area contributed by atoms with Crippen molar-refractivity contribution in [3.05, 3.63) is 41.5 Å². The van der Waals surface area contributed by atoms with Crippen LogP contribution >= 0.6 is 0 Å². The number of ether oxygens (including phenoxy) is 2. The molecule has 0 aliphatic carbocycles. The number of phenolic OH excluding ortho intramolecular Hbond substituents is 1. The van der Waals surface area contributed by atoms with Crippen molar-refractivity contribution < 1.29 is 49.0 Å². The van der Waals surface area contributed by atoms with Gasteiger partial charge in [-0.05, 0) is 76.8 Å². The quantitative estimate of drug-likeness (QED) is 0.0296. The molecule has 1 fully saturated rings. The van der Waals surface area contributed by atoms with Crippen LogP contribution in [0.15, 0.2) is 35.3 Å². The maximum Gasteiger partial charge on any atom is 0.328 e. The van der Waals surface area contributed by atoms with E-state index in [1.807, 2.05) is 0 Å². The summed E-state index contributed by atoms with van der Waals surface area (Å²) in [5, 5.41) is 37.0. The van der Waals surface area contributed by atoms with Crippen LogP contribution in [0.3, 0.4) is 0 Å². The number of amides is 4. The van der Waals surface area contributed by atoms with Crippen LogP contribution in [-0.4, -0.2) is 105 Å². The maximum atomic E-state index is 13.4. The average molecular weight is 786 g/mol. The number of benzene rings is 1. The normalized spacial score (nSPS) is 18.1. The number of carbonyl (C=O) groups excluding carboxylic acids is 5. The Balaban J connectivity index is 1.52. The van der Waals surface area contributed by atoms with Gasteiger partial charge in [-0.25, -0.2) is 19.9 Å². The van der Waals surface area contributed by atoms with Gasteiger partial charge in [-0.1, -0.05) is 76.5 Å². The first kappa shape index (κ1) is 45.9. The van der Waals surface area contributed by atoms with E-state index in [2.05, 4.69) is 22.5 Å². The predicted molar refractivity (Wildman–Crippen MR) is 209 cm³/mol. The molecule has 0 bridgehead atoms. The third-order valence-electron chi connectivity index (χ3n) is 9.91. The molecule has 0 unspecified atom stereocenters. The number of aromatic hydroxyl groups is 1. The van der Waals surface area contributed by atoms with Gasteiger partial charge in [0.1, 0.15) is 30.5 Å². The van der Waals surface area contributed by atoms with Gasteiger partial charge in [-0.15, -0.1) is 0 Å². The van der Waals surface area contributed by atoms with Crippen LogP contribution in [0, 0.1) is 6.92 Å². The number of phenols is 1. The van der Waals surface area contributed by atoms with E-state index in [0.29, 0.717) is 53.4 Å². The smallest absolute Gasteiger partial charge is 0.328 e. The summed E-state index contributed by atoms with van der Waals surface area (Å²) in [6.45, 7) is 5.56. The lowest BCUT2D eigenvalue weighted by Crippen LogP contribution is -2.48. The Kier molecular flexibility index (Phi) is 20.4. The Morgan fingerprint density at radius 3 is 2.48 bits per heavy atom. The highest BCUT2D eigenvalue weighted by atomic mass is 16.5. The Bertz CT molecular complexity index is 1480. The molecule has 15 heteroatoms. The molecule has 0 radical (unpaired) electrons. The summed E-state index contributed by atoms with van der Waals surface area (Å²) < 4.78 is 11.2. The molecule has 0 spiro atoms. The minimum atomic E-state index is -1.16. The summed E-state index contributed by atoms with van der Waals surface area (Å²) in [5.41, 5.74) is 1.07. The summed E-state index contributed by atoms with van der Waals surface area (Å²) in [4.78, 5) is 68.7.